The van der Waals surface area contributed by atoms with Crippen molar-refractivity contribution in [3.05, 3.63) is 54.8 Å². The van der Waals surface area contributed by atoms with Crippen LogP contribution in [0.1, 0.15) is 90.6 Å². The SMILES string of the molecule is C/C=C\C#C[C@H](O[C@@H]1O[C@H](C)C(C#[N+]O[C@H]2C[C@H](O)[C@H](SC(=O)c3c(C)c(I)c(O[C@@H]4O[C@@H](C)[C@H](O)[C@@H](OC)[C@H]4O)c(OC)c3OC)[C@@H](C)O2)[C@H](O)[C@H]1O[C@H]1C[C@H](OC)[C@@H](NCC)CO1)C1=C(NC(=O)OC)C(=O)C[C@](N)(O)/C1=C/CSSC(C)(C)C. The van der Waals surface area contributed by atoms with E-state index in [2.05, 4.69) is 33.6 Å². The highest BCUT2D eigenvalue weighted by Gasteiger charge is 2.53. The maximum atomic E-state index is 14.4. The number of hydrogen-bond acceptors (Lipinski definition) is 26. The van der Waals surface area contributed by atoms with Gasteiger partial charge >= 0.3 is 12.2 Å². The Hall–Kier alpha value is -3.52. The fourth-order valence-electron chi connectivity index (χ4n) is 10.4. The zero-order valence-electron chi connectivity index (χ0n) is 51.3. The van der Waals surface area contributed by atoms with Crippen LogP contribution in [0.3, 0.4) is 0 Å². The summed E-state index contributed by atoms with van der Waals surface area (Å²) >= 11 is 2.81. The second-order valence-electron chi connectivity index (χ2n) is 22.1. The summed E-state index contributed by atoms with van der Waals surface area (Å²) < 4.78 is 72.2. The lowest BCUT2D eigenvalue weighted by atomic mass is 9.80. The van der Waals surface area contributed by atoms with Gasteiger partial charge in [0.2, 0.25) is 22.2 Å². The number of allylic oxidation sites excluding steroid dienone is 3. The molecule has 0 radical (unpaired) electrons. The van der Waals surface area contributed by atoms with Gasteiger partial charge in [0.25, 0.3) is 6.29 Å². The van der Waals surface area contributed by atoms with Gasteiger partial charge in [0.1, 0.15) is 42.3 Å². The van der Waals surface area contributed by atoms with Crippen molar-refractivity contribution < 1.29 is 102 Å². The molecule has 1 aliphatic carbocycles. The number of Topliss-reactive ketones (excluding diaryl/α,β-unsaturated/α-hetero) is 1. The standard InChI is InChI=1S/C58H83IN4O21S3/c1-15-17-18-19-36(41-32(20-21-85-87-57(7,8)9)58(60,71)24-35(65)43(41)63-56(70)76-14)81-55-50(82-38-23-37(72-10)33(26-77-38)61-16-2)45(67)31(28(4)79-55)25-62-84-39-22-34(64)52(30(6)78-39)86-53(69)40-27(3)42(59)48(51(75-13)47(40)73-11)83-54-46(68)49(74-12)44(66)29(5)80-54/h15,17,20,28-31,33-34,36-39,44-46,49-50,52,54-55,61,64,66-68,71H,16,21-24,26,60H2,1-14H3/p+1/b17-15-,32-20+/t28-,29+,30-,31?,33+,34+,36+,37+,38+,39+,44+,45+,46-,49-,50-,52-,54+,55+,58+/m1/s1. The quantitative estimate of drug-likeness (QED) is 0.0220. The molecule has 0 aromatic heterocycles. The lowest BCUT2D eigenvalue weighted by Crippen LogP contribution is -2.59. The molecule has 0 bridgehead atoms. The van der Waals surface area contributed by atoms with E-state index >= 15 is 0 Å². The number of alkyl carbamates (subject to hydrolysis) is 1. The van der Waals surface area contributed by atoms with Crippen LogP contribution in [0.5, 0.6) is 17.2 Å². The summed E-state index contributed by atoms with van der Waals surface area (Å²) in [7, 11) is 9.82. The molecular formula is C58H84IN4O21S3+. The van der Waals surface area contributed by atoms with E-state index in [9.17, 15) is 39.9 Å². The first-order valence-corrected chi connectivity index (χ1v) is 32.6. The molecule has 4 heterocycles. The third-order valence-electron chi connectivity index (χ3n) is 14.7. The van der Waals surface area contributed by atoms with Crippen LogP contribution in [0.25, 0.3) is 5.01 Å². The number of thioether (sulfide) groups is 1. The highest BCUT2D eigenvalue weighted by molar-refractivity contribution is 14.1. The monoisotopic (exact) mass is 1400 g/mol. The van der Waals surface area contributed by atoms with Crippen molar-refractivity contribution in [2.24, 2.45) is 11.7 Å². The Morgan fingerprint density at radius 1 is 0.931 bits per heavy atom. The summed E-state index contributed by atoms with van der Waals surface area (Å²) in [4.78, 5) is 47.1. The average Bonchev–Trinajstić information content (AvgIpc) is 0.834. The highest BCUT2D eigenvalue weighted by Crippen LogP contribution is 2.49. The summed E-state index contributed by atoms with van der Waals surface area (Å²) in [6.07, 6.45) is -13.8. The minimum absolute atomic E-state index is 0.0243. The Labute approximate surface area is 533 Å². The number of amides is 1. The predicted molar refractivity (Wildman–Crippen MR) is 332 cm³/mol. The van der Waals surface area contributed by atoms with Crippen molar-refractivity contribution in [3.63, 3.8) is 0 Å². The smallest absolute Gasteiger partial charge is 0.411 e. The maximum Gasteiger partial charge on any atom is 0.411 e. The number of nitrogens with one attached hydrogen (secondary N) is 2. The zero-order valence-corrected chi connectivity index (χ0v) is 55.9. The summed E-state index contributed by atoms with van der Waals surface area (Å²) in [6.45, 7) is 17.2. The number of rotatable bonds is 20. The van der Waals surface area contributed by atoms with Crippen LogP contribution < -0.4 is 30.6 Å². The van der Waals surface area contributed by atoms with Crippen molar-refractivity contribution in [3.8, 4) is 35.2 Å². The van der Waals surface area contributed by atoms with E-state index in [0.29, 0.717) is 21.4 Å². The molecule has 1 aromatic carbocycles. The molecule has 1 aromatic rings. The van der Waals surface area contributed by atoms with E-state index < -0.39 is 127 Å². The molecule has 4 saturated heterocycles. The molecule has 87 heavy (non-hydrogen) atoms. The van der Waals surface area contributed by atoms with Crippen molar-refractivity contribution >= 4 is 72.9 Å². The number of ketones is 1. The van der Waals surface area contributed by atoms with Crippen LogP contribution >= 0.6 is 55.9 Å². The molecule has 486 valence electrons. The molecule has 1 unspecified atom stereocenters. The van der Waals surface area contributed by atoms with E-state index in [-0.39, 0.29) is 76.0 Å². The topological polar surface area (TPSA) is 327 Å². The number of ether oxygens (including phenoxy) is 12. The number of halogens is 1. The van der Waals surface area contributed by atoms with Gasteiger partial charge in [-0.25, -0.2) is 4.79 Å². The lowest BCUT2D eigenvalue weighted by Gasteiger charge is -2.44. The minimum atomic E-state index is -2.26. The second kappa shape index (κ2) is 32.7. The van der Waals surface area contributed by atoms with Gasteiger partial charge in [-0.1, -0.05) is 85.0 Å². The molecule has 9 N–H and O–H groups in total. The van der Waals surface area contributed by atoms with E-state index in [1.165, 1.54) is 38.2 Å². The van der Waals surface area contributed by atoms with Crippen LogP contribution in [0.2, 0.25) is 0 Å². The first kappa shape index (κ1) is 72.5. The summed E-state index contributed by atoms with van der Waals surface area (Å²) in [5, 5.41) is 66.2. The average molecular weight is 1400 g/mol. The first-order valence-electron chi connectivity index (χ1n) is 28.3. The fraction of sp³-hybridized carbons (Fsp3) is 0.690. The lowest BCUT2D eigenvalue weighted by molar-refractivity contribution is -0.327. The normalized spacial score (nSPS) is 33.9. The number of benzene rings is 1. The molecule has 25 nitrogen and oxygen atoms in total. The van der Waals surface area contributed by atoms with Gasteiger partial charge in [0.15, 0.2) is 35.8 Å². The number of carbonyl (C=O) groups excluding carboxylic acids is 3. The van der Waals surface area contributed by atoms with Gasteiger partial charge in [0.05, 0.1) is 91.0 Å². The van der Waals surface area contributed by atoms with Crippen LogP contribution in [0.4, 0.5) is 4.79 Å². The Morgan fingerprint density at radius 2 is 1.63 bits per heavy atom. The molecule has 0 saturated carbocycles. The number of aliphatic hydroxyl groups is 5. The van der Waals surface area contributed by atoms with Crippen LogP contribution in [-0.2, 0) is 52.3 Å². The number of likely N-dealkylation sites (N-methyl/N-ethyl adjacent to an activating group) is 1. The first-order chi connectivity index (χ1) is 41.2. The molecule has 4 fully saturated rings. The molecule has 6 rings (SSSR count). The molecule has 0 spiro atoms. The summed E-state index contributed by atoms with van der Waals surface area (Å²) in [5.41, 5.74) is 4.53. The van der Waals surface area contributed by atoms with Crippen molar-refractivity contribution in [1.29, 1.82) is 0 Å². The van der Waals surface area contributed by atoms with E-state index in [1.54, 1.807) is 64.7 Å². The van der Waals surface area contributed by atoms with E-state index in [0.717, 1.165) is 18.9 Å². The van der Waals surface area contributed by atoms with Crippen molar-refractivity contribution in [2.45, 2.75) is 196 Å². The molecule has 19 atom stereocenters. The summed E-state index contributed by atoms with van der Waals surface area (Å²) in [5.74, 6) is 4.51. The third kappa shape index (κ3) is 18.0. The maximum absolute atomic E-state index is 14.4. The minimum Gasteiger partial charge on any atom is -0.492 e. The molecule has 1 amide bonds. The zero-order chi connectivity index (χ0) is 64.2. The van der Waals surface area contributed by atoms with Crippen molar-refractivity contribution in [1.82, 2.24) is 10.6 Å². The Morgan fingerprint density at radius 3 is 2.25 bits per heavy atom. The number of carbonyl (C=O) groups is 3. The highest BCUT2D eigenvalue weighted by atomic mass is 127. The largest absolute Gasteiger partial charge is 0.492 e. The van der Waals surface area contributed by atoms with Gasteiger partial charge < -0.3 is 87.7 Å². The Balaban J connectivity index is 1.26. The van der Waals surface area contributed by atoms with E-state index in [4.69, 9.17) is 67.4 Å². The van der Waals surface area contributed by atoms with Gasteiger partial charge in [-0.3, -0.25) is 20.6 Å². The fourth-order valence-corrected chi connectivity index (χ4v) is 14.3. The van der Waals surface area contributed by atoms with Gasteiger partial charge in [-0.05, 0) is 75.4 Å². The second-order valence-corrected chi connectivity index (χ2v) is 27.5. The molecule has 29 heteroatoms. The number of methoxy groups -OCH3 is 5. The van der Waals surface area contributed by atoms with E-state index in [1.807, 2.05) is 50.3 Å². The van der Waals surface area contributed by atoms with Gasteiger partial charge in [-0.15, -0.1) is 4.84 Å². The number of nitrogens with two attached hydrogens (primary N) is 1. The van der Waals surface area contributed by atoms with Gasteiger partial charge in [0, 0.05) is 48.7 Å². The Kier molecular flexibility index (Phi) is 27.2. The number of nitrogens with zero attached hydrogens (tertiary/aromatic N) is 1. The Bertz CT molecular complexity index is 2770. The molecule has 4 aliphatic heterocycles. The van der Waals surface area contributed by atoms with Crippen molar-refractivity contribution in [2.75, 3.05) is 54.5 Å². The van der Waals surface area contributed by atoms with Crippen LogP contribution in [-0.4, -0.2) is 211 Å². The third-order valence-corrected chi connectivity index (χ3v) is 20.6. The molecular weight excluding hydrogens is 1310 g/mol. The number of hydrogen-bond donors (Lipinski definition) is 8. The molecule has 5 aliphatic rings. The summed E-state index contributed by atoms with van der Waals surface area (Å²) in [6, 6.07) is 2.65. The van der Waals surface area contributed by atoms with Crippen LogP contribution in [0, 0.1) is 34.3 Å². The number of aliphatic hydroxyl groups excluding tert-OH is 4. The van der Waals surface area contributed by atoms with Crippen LogP contribution in [0.15, 0.2) is 35.1 Å². The van der Waals surface area contributed by atoms with Gasteiger partial charge in [-0.2, -0.15) is 0 Å². The predicted octanol–water partition coefficient (Wildman–Crippen LogP) is 4.63.